The monoisotopic (exact) mass is 328 g/mol. The first-order valence-corrected chi connectivity index (χ1v) is 7.45. The number of carbonyl (C=O) groups is 2. The fourth-order valence-corrected chi connectivity index (χ4v) is 1.82. The topological polar surface area (TPSA) is 116 Å². The molecule has 0 saturated carbocycles. The Morgan fingerprint density at radius 3 is 2.61 bits per heavy atom. The average Bonchev–Trinajstić information content (AvgIpc) is 2.80. The van der Waals surface area contributed by atoms with Crippen LogP contribution in [0.2, 0.25) is 0 Å². The van der Waals surface area contributed by atoms with E-state index < -0.39 is 17.7 Å². The molecule has 0 atom stereocenters. The maximum Gasteiger partial charge on any atom is 0.407 e. The van der Waals surface area contributed by atoms with Gasteiger partial charge in [-0.25, -0.2) is 14.3 Å². The lowest BCUT2D eigenvalue weighted by Gasteiger charge is -2.19. The third kappa shape index (κ3) is 6.64. The Kier molecular flexibility index (Phi) is 6.95. The average molecular weight is 328 g/mol. The first-order chi connectivity index (χ1) is 10.7. The number of amides is 1. The highest BCUT2D eigenvalue weighted by Gasteiger charge is 2.20. The van der Waals surface area contributed by atoms with Crippen LogP contribution in [0.5, 0.6) is 0 Å². The van der Waals surface area contributed by atoms with E-state index in [2.05, 4.69) is 15.6 Å². The molecule has 1 rings (SSSR count). The Morgan fingerprint density at radius 2 is 2.04 bits per heavy atom. The predicted molar refractivity (Wildman–Crippen MR) is 81.4 cm³/mol. The van der Waals surface area contributed by atoms with E-state index in [4.69, 9.17) is 14.6 Å². The minimum Gasteiger partial charge on any atom is -0.476 e. The molecule has 1 heterocycles. The van der Waals surface area contributed by atoms with Crippen molar-refractivity contribution >= 4 is 12.1 Å². The van der Waals surface area contributed by atoms with Gasteiger partial charge in [0.25, 0.3) is 0 Å². The van der Waals surface area contributed by atoms with Gasteiger partial charge in [-0.3, -0.25) is 0 Å². The molecule has 0 spiro atoms. The van der Waals surface area contributed by atoms with Crippen LogP contribution in [0.15, 0.2) is 0 Å². The van der Waals surface area contributed by atoms with Crippen molar-refractivity contribution in [3.8, 4) is 0 Å². The maximum absolute atomic E-state index is 11.6. The number of hydrogen-bond donors (Lipinski definition) is 2. The van der Waals surface area contributed by atoms with Gasteiger partial charge >= 0.3 is 12.1 Å². The number of nitrogens with zero attached hydrogens (tertiary/aromatic N) is 3. The number of aromatic nitrogens is 3. The Morgan fingerprint density at radius 1 is 1.35 bits per heavy atom. The molecule has 0 fully saturated rings. The van der Waals surface area contributed by atoms with E-state index in [1.807, 2.05) is 6.92 Å². The molecular weight excluding hydrogens is 304 g/mol. The number of carboxylic acids is 1. The predicted octanol–water partition coefficient (Wildman–Crippen LogP) is 1.08. The number of nitrogens with one attached hydrogen (secondary N) is 1. The van der Waals surface area contributed by atoms with Crippen LogP contribution in [-0.4, -0.2) is 57.5 Å². The Hall–Kier alpha value is -2.16. The molecule has 1 aromatic heterocycles. The lowest BCUT2D eigenvalue weighted by atomic mass is 10.2. The number of aromatic carboxylic acids is 1. The second kappa shape index (κ2) is 8.47. The minimum absolute atomic E-state index is 0.118. The number of ether oxygens (including phenoxy) is 2. The molecule has 9 nitrogen and oxygen atoms in total. The fraction of sp³-hybridized carbons (Fsp3) is 0.714. The third-order valence-corrected chi connectivity index (χ3v) is 2.72. The van der Waals surface area contributed by atoms with Crippen molar-refractivity contribution in [2.75, 3.05) is 19.8 Å². The van der Waals surface area contributed by atoms with E-state index in [-0.39, 0.29) is 18.7 Å². The van der Waals surface area contributed by atoms with Crippen molar-refractivity contribution in [2.24, 2.45) is 0 Å². The molecule has 0 aliphatic carbocycles. The highest BCUT2D eigenvalue weighted by atomic mass is 16.6. The summed E-state index contributed by atoms with van der Waals surface area (Å²) in [6.07, 6.45) is -0.275. The van der Waals surface area contributed by atoms with Gasteiger partial charge in [-0.1, -0.05) is 5.21 Å². The molecule has 0 unspecified atom stereocenters. The molecule has 1 amide bonds. The van der Waals surface area contributed by atoms with E-state index in [9.17, 15) is 9.59 Å². The molecular formula is C14H24N4O5. The molecule has 0 aliphatic heterocycles. The minimum atomic E-state index is -1.15. The first kappa shape index (κ1) is 18.9. The van der Waals surface area contributed by atoms with Gasteiger partial charge in [-0.2, -0.15) is 0 Å². The summed E-state index contributed by atoms with van der Waals surface area (Å²) < 4.78 is 11.8. The Bertz CT molecular complexity index is 536. The molecule has 1 aromatic rings. The highest BCUT2D eigenvalue weighted by Crippen LogP contribution is 2.08. The molecule has 0 bridgehead atoms. The molecule has 0 saturated heterocycles. The second-order valence-corrected chi connectivity index (χ2v) is 5.79. The summed E-state index contributed by atoms with van der Waals surface area (Å²) in [6, 6.07) is 0. The van der Waals surface area contributed by atoms with Crippen LogP contribution in [0.4, 0.5) is 4.79 Å². The standard InChI is InChI=1S/C14H24N4O5/c1-5-22-9-8-18-10(11(12(19)20)16-17-18)6-7-15-13(21)23-14(2,3)4/h5-9H2,1-4H3,(H,15,21)(H,19,20). The normalized spacial score (nSPS) is 11.3. The number of carbonyl (C=O) groups excluding carboxylic acids is 1. The van der Waals surface area contributed by atoms with Crippen LogP contribution < -0.4 is 5.32 Å². The van der Waals surface area contributed by atoms with Crippen molar-refractivity contribution in [3.63, 3.8) is 0 Å². The quantitative estimate of drug-likeness (QED) is 0.686. The molecule has 9 heteroatoms. The lowest BCUT2D eigenvalue weighted by Crippen LogP contribution is -2.34. The zero-order chi connectivity index (χ0) is 17.5. The van der Waals surface area contributed by atoms with Gasteiger partial charge in [-0.15, -0.1) is 5.10 Å². The van der Waals surface area contributed by atoms with E-state index in [1.54, 1.807) is 20.8 Å². The van der Waals surface area contributed by atoms with Gasteiger partial charge in [0.05, 0.1) is 18.8 Å². The summed E-state index contributed by atoms with van der Waals surface area (Å²) in [5, 5.41) is 19.2. The van der Waals surface area contributed by atoms with Gasteiger partial charge in [0.1, 0.15) is 5.60 Å². The molecule has 130 valence electrons. The van der Waals surface area contributed by atoms with Crippen molar-refractivity contribution in [2.45, 2.75) is 46.3 Å². The highest BCUT2D eigenvalue weighted by molar-refractivity contribution is 5.86. The number of rotatable bonds is 8. The summed E-state index contributed by atoms with van der Waals surface area (Å²) >= 11 is 0. The lowest BCUT2D eigenvalue weighted by molar-refractivity contribution is 0.0528. The fourth-order valence-electron chi connectivity index (χ4n) is 1.82. The molecule has 0 aromatic carbocycles. The Balaban J connectivity index is 2.64. The SMILES string of the molecule is CCOCCn1nnc(C(=O)O)c1CCNC(=O)OC(C)(C)C. The number of hydrogen-bond acceptors (Lipinski definition) is 6. The summed E-state index contributed by atoms with van der Waals surface area (Å²) in [4.78, 5) is 22.8. The second-order valence-electron chi connectivity index (χ2n) is 5.79. The largest absolute Gasteiger partial charge is 0.476 e. The molecule has 23 heavy (non-hydrogen) atoms. The van der Waals surface area contributed by atoms with Crippen molar-refractivity contribution in [1.29, 1.82) is 0 Å². The van der Waals surface area contributed by atoms with Crippen molar-refractivity contribution < 1.29 is 24.2 Å². The first-order valence-electron chi connectivity index (χ1n) is 7.45. The van der Waals surface area contributed by atoms with Gasteiger partial charge < -0.3 is 19.9 Å². The van der Waals surface area contributed by atoms with Crippen LogP contribution in [0.25, 0.3) is 0 Å². The van der Waals surface area contributed by atoms with Gasteiger partial charge in [-0.05, 0) is 27.7 Å². The van der Waals surface area contributed by atoms with Crippen LogP contribution in [0, 0.1) is 0 Å². The van der Waals surface area contributed by atoms with E-state index in [1.165, 1.54) is 4.68 Å². The third-order valence-electron chi connectivity index (χ3n) is 2.72. The Labute approximate surface area is 135 Å². The van der Waals surface area contributed by atoms with E-state index in [0.29, 0.717) is 25.5 Å². The summed E-state index contributed by atoms with van der Waals surface area (Å²) in [5.74, 6) is -1.15. The summed E-state index contributed by atoms with van der Waals surface area (Å²) in [7, 11) is 0. The van der Waals surface area contributed by atoms with Crippen LogP contribution in [-0.2, 0) is 22.4 Å². The maximum atomic E-state index is 11.6. The summed E-state index contributed by atoms with van der Waals surface area (Å²) in [5.41, 5.74) is -0.266. The molecule has 0 aliphatic rings. The van der Waals surface area contributed by atoms with Crippen LogP contribution >= 0.6 is 0 Å². The molecule has 0 radical (unpaired) electrons. The smallest absolute Gasteiger partial charge is 0.407 e. The number of alkyl carbamates (subject to hydrolysis) is 1. The zero-order valence-corrected chi connectivity index (χ0v) is 14.0. The summed E-state index contributed by atoms with van der Waals surface area (Å²) in [6.45, 7) is 8.76. The molecule has 2 N–H and O–H groups in total. The van der Waals surface area contributed by atoms with Gasteiger partial charge in [0, 0.05) is 19.6 Å². The van der Waals surface area contributed by atoms with Gasteiger partial charge in [0.2, 0.25) is 0 Å². The van der Waals surface area contributed by atoms with E-state index in [0.717, 1.165) is 0 Å². The van der Waals surface area contributed by atoms with Gasteiger partial charge in [0.15, 0.2) is 5.69 Å². The van der Waals surface area contributed by atoms with Crippen LogP contribution in [0.1, 0.15) is 43.9 Å². The van der Waals surface area contributed by atoms with Crippen LogP contribution in [0.3, 0.4) is 0 Å². The van der Waals surface area contributed by atoms with Crippen molar-refractivity contribution in [1.82, 2.24) is 20.3 Å². The van der Waals surface area contributed by atoms with E-state index >= 15 is 0 Å². The number of carboxylic acid groups (broad SMARTS) is 1. The zero-order valence-electron chi connectivity index (χ0n) is 14.0. The van der Waals surface area contributed by atoms with Crippen molar-refractivity contribution in [3.05, 3.63) is 11.4 Å².